The molecule has 0 spiro atoms. The van der Waals surface area contributed by atoms with Crippen LogP contribution in [0.15, 0.2) is 11.4 Å². The predicted molar refractivity (Wildman–Crippen MR) is 79.8 cm³/mol. The lowest BCUT2D eigenvalue weighted by molar-refractivity contribution is 0.0691. The minimum absolute atomic E-state index is 0.00779. The van der Waals surface area contributed by atoms with Crippen LogP contribution in [0.2, 0.25) is 0 Å². The zero-order valence-corrected chi connectivity index (χ0v) is 13.0. The molecule has 112 valence electrons. The fourth-order valence-corrected chi connectivity index (χ4v) is 2.97. The van der Waals surface area contributed by atoms with E-state index in [9.17, 15) is 9.59 Å². The van der Waals surface area contributed by atoms with Gasteiger partial charge in [-0.2, -0.15) is 0 Å². The molecule has 21 heavy (non-hydrogen) atoms. The summed E-state index contributed by atoms with van der Waals surface area (Å²) in [6, 6.07) is 1.86. The van der Waals surface area contributed by atoms with Crippen LogP contribution in [0.5, 0.6) is 0 Å². The summed E-state index contributed by atoms with van der Waals surface area (Å²) in [5, 5.41) is 13.6. The zero-order valence-electron chi connectivity index (χ0n) is 12.1. The molecule has 2 aromatic rings. The molecule has 0 unspecified atom stereocenters. The third kappa shape index (κ3) is 3.13. The third-order valence-electron chi connectivity index (χ3n) is 3.31. The Balaban J connectivity index is 2.06. The van der Waals surface area contributed by atoms with Crippen molar-refractivity contribution in [3.63, 3.8) is 0 Å². The molecule has 0 aliphatic heterocycles. The van der Waals surface area contributed by atoms with Gasteiger partial charge in [-0.05, 0) is 26.8 Å². The molecule has 0 aliphatic carbocycles. The molecule has 6 nitrogen and oxygen atoms in total. The lowest BCUT2D eigenvalue weighted by Crippen LogP contribution is -2.23. The Hall–Kier alpha value is -2.15. The van der Waals surface area contributed by atoms with Gasteiger partial charge in [0.2, 0.25) is 0 Å². The Bertz CT molecular complexity index is 688. The summed E-state index contributed by atoms with van der Waals surface area (Å²) >= 11 is 1.22. The Morgan fingerprint density at radius 2 is 2.14 bits per heavy atom. The quantitative estimate of drug-likeness (QED) is 0.887. The fourth-order valence-electron chi connectivity index (χ4n) is 2.26. The summed E-state index contributed by atoms with van der Waals surface area (Å²) in [6.45, 7) is 6.96. The molecule has 0 saturated carbocycles. The molecule has 0 fully saturated rings. The number of hydrogen-bond acceptors (Lipinski definition) is 4. The first-order chi connectivity index (χ1) is 9.93. The van der Waals surface area contributed by atoms with Crippen LogP contribution in [0.4, 0.5) is 0 Å². The van der Waals surface area contributed by atoms with Gasteiger partial charge in [-0.1, -0.05) is 0 Å². The molecular formula is C14H17N3O3S. The van der Waals surface area contributed by atoms with Gasteiger partial charge in [0.25, 0.3) is 5.91 Å². The van der Waals surface area contributed by atoms with Crippen molar-refractivity contribution >= 4 is 23.2 Å². The van der Waals surface area contributed by atoms with E-state index >= 15 is 0 Å². The zero-order chi connectivity index (χ0) is 15.6. The van der Waals surface area contributed by atoms with Gasteiger partial charge in [0.15, 0.2) is 5.69 Å². The van der Waals surface area contributed by atoms with E-state index in [1.807, 2.05) is 26.8 Å². The molecule has 1 amide bonds. The number of carbonyl (C=O) groups is 2. The van der Waals surface area contributed by atoms with E-state index in [2.05, 4.69) is 14.9 Å². The highest BCUT2D eigenvalue weighted by Crippen LogP contribution is 2.15. The van der Waals surface area contributed by atoms with E-state index in [1.165, 1.54) is 16.7 Å². The molecule has 2 N–H and O–H groups in total. The number of thiazole rings is 1. The van der Waals surface area contributed by atoms with E-state index in [-0.39, 0.29) is 18.1 Å². The predicted octanol–water partition coefficient (Wildman–Crippen LogP) is 2.21. The molecule has 2 rings (SSSR count). The maximum absolute atomic E-state index is 12.2. The third-order valence-corrected chi connectivity index (χ3v) is 4.15. The maximum Gasteiger partial charge on any atom is 0.355 e. The van der Waals surface area contributed by atoms with Crippen molar-refractivity contribution in [3.05, 3.63) is 39.1 Å². The van der Waals surface area contributed by atoms with Gasteiger partial charge in [0, 0.05) is 23.3 Å². The number of aryl methyl sites for hydroxylation is 1. The minimum atomic E-state index is -1.06. The Morgan fingerprint density at radius 3 is 2.67 bits per heavy atom. The summed E-state index contributed by atoms with van der Waals surface area (Å²) in [5.41, 5.74) is 2.62. The smallest absolute Gasteiger partial charge is 0.355 e. The number of aromatic nitrogens is 2. The van der Waals surface area contributed by atoms with E-state index in [0.717, 1.165) is 17.9 Å². The van der Waals surface area contributed by atoms with E-state index < -0.39 is 5.97 Å². The van der Waals surface area contributed by atoms with E-state index in [1.54, 1.807) is 0 Å². The van der Waals surface area contributed by atoms with Crippen molar-refractivity contribution in [3.8, 4) is 0 Å². The lowest BCUT2D eigenvalue weighted by Gasteiger charge is -2.06. The molecule has 2 aromatic heterocycles. The molecule has 7 heteroatoms. The first-order valence-corrected chi connectivity index (χ1v) is 7.44. The first-order valence-electron chi connectivity index (χ1n) is 6.56. The minimum Gasteiger partial charge on any atom is -0.476 e. The number of hydrogen-bond donors (Lipinski definition) is 2. The highest BCUT2D eigenvalue weighted by Gasteiger charge is 2.15. The van der Waals surface area contributed by atoms with Gasteiger partial charge in [-0.25, -0.2) is 9.78 Å². The highest BCUT2D eigenvalue weighted by atomic mass is 32.1. The van der Waals surface area contributed by atoms with Crippen LogP contribution in [0.3, 0.4) is 0 Å². The van der Waals surface area contributed by atoms with Gasteiger partial charge in [-0.15, -0.1) is 11.3 Å². The molecular weight excluding hydrogens is 290 g/mol. The summed E-state index contributed by atoms with van der Waals surface area (Å²) in [6.07, 6.45) is 0. The van der Waals surface area contributed by atoms with Crippen LogP contribution >= 0.6 is 11.3 Å². The van der Waals surface area contributed by atoms with Crippen molar-refractivity contribution in [2.75, 3.05) is 0 Å². The van der Waals surface area contributed by atoms with Gasteiger partial charge < -0.3 is 15.0 Å². The average Bonchev–Trinajstić information content (AvgIpc) is 3.01. The van der Waals surface area contributed by atoms with Crippen molar-refractivity contribution in [2.45, 2.75) is 33.9 Å². The van der Waals surface area contributed by atoms with Crippen molar-refractivity contribution < 1.29 is 14.7 Å². The second kappa shape index (κ2) is 6.09. The van der Waals surface area contributed by atoms with Gasteiger partial charge in [0.1, 0.15) is 5.01 Å². The Labute approximate surface area is 126 Å². The van der Waals surface area contributed by atoms with Gasteiger partial charge >= 0.3 is 5.97 Å². The molecule has 0 atom stereocenters. The fraction of sp³-hybridized carbons (Fsp3) is 0.357. The van der Waals surface area contributed by atoms with Crippen LogP contribution in [0.25, 0.3) is 0 Å². The van der Waals surface area contributed by atoms with Crippen LogP contribution < -0.4 is 5.32 Å². The number of aromatic carboxylic acids is 1. The molecule has 0 radical (unpaired) electrons. The number of carboxylic acid groups (broad SMARTS) is 1. The number of rotatable bonds is 5. The van der Waals surface area contributed by atoms with Crippen LogP contribution in [-0.2, 0) is 13.1 Å². The monoisotopic (exact) mass is 307 g/mol. The normalized spacial score (nSPS) is 10.6. The largest absolute Gasteiger partial charge is 0.476 e. The van der Waals surface area contributed by atoms with Gasteiger partial charge in [0.05, 0.1) is 12.1 Å². The van der Waals surface area contributed by atoms with Gasteiger partial charge in [-0.3, -0.25) is 4.79 Å². The second-order valence-electron chi connectivity index (χ2n) is 4.64. The second-order valence-corrected chi connectivity index (χ2v) is 5.59. The SMILES string of the molecule is CCn1c(C)cc(C(=O)NCc2nc(C(=O)O)cs2)c1C. The number of amides is 1. The molecule has 0 saturated heterocycles. The highest BCUT2D eigenvalue weighted by molar-refractivity contribution is 7.09. The van der Waals surface area contributed by atoms with Crippen molar-refractivity contribution in [1.82, 2.24) is 14.9 Å². The maximum atomic E-state index is 12.2. The molecule has 0 aliphatic rings. The summed E-state index contributed by atoms with van der Waals surface area (Å²) in [4.78, 5) is 26.9. The number of carbonyl (C=O) groups excluding carboxylic acids is 1. The number of nitrogens with one attached hydrogen (secondary N) is 1. The Morgan fingerprint density at radius 1 is 1.43 bits per heavy atom. The van der Waals surface area contributed by atoms with Crippen LogP contribution in [-0.4, -0.2) is 26.5 Å². The molecule has 0 bridgehead atoms. The standard InChI is InChI=1S/C14H17N3O3S/c1-4-17-8(2)5-10(9(17)3)13(18)15-6-12-16-11(7-21-12)14(19)20/h5,7H,4,6H2,1-3H3,(H,15,18)(H,19,20). The van der Waals surface area contributed by atoms with E-state index in [4.69, 9.17) is 5.11 Å². The summed E-state index contributed by atoms with van der Waals surface area (Å²) in [7, 11) is 0. The summed E-state index contributed by atoms with van der Waals surface area (Å²) < 4.78 is 2.07. The molecule has 0 aromatic carbocycles. The lowest BCUT2D eigenvalue weighted by atomic mass is 10.2. The topological polar surface area (TPSA) is 84.2 Å². The number of carboxylic acids is 1. The van der Waals surface area contributed by atoms with Crippen molar-refractivity contribution in [1.29, 1.82) is 0 Å². The van der Waals surface area contributed by atoms with Crippen molar-refractivity contribution in [2.24, 2.45) is 0 Å². The van der Waals surface area contributed by atoms with Crippen LogP contribution in [0.1, 0.15) is 44.2 Å². The molecule has 2 heterocycles. The first kappa shape index (κ1) is 15.2. The van der Waals surface area contributed by atoms with E-state index in [0.29, 0.717) is 10.6 Å². The number of nitrogens with zero attached hydrogens (tertiary/aromatic N) is 2. The average molecular weight is 307 g/mol. The van der Waals surface area contributed by atoms with Crippen LogP contribution in [0, 0.1) is 13.8 Å². The summed E-state index contributed by atoms with van der Waals surface area (Å²) in [5.74, 6) is -1.23. The Kier molecular flexibility index (Phi) is 4.42.